The van der Waals surface area contributed by atoms with Crippen molar-refractivity contribution in [2.75, 3.05) is 5.32 Å². The minimum absolute atomic E-state index is 0.810. The van der Waals surface area contributed by atoms with Crippen molar-refractivity contribution in [1.82, 2.24) is 4.98 Å². The Balaban J connectivity index is 1.99. The lowest BCUT2D eigenvalue weighted by Crippen LogP contribution is -1.99. The zero-order chi connectivity index (χ0) is 11.4. The highest BCUT2D eigenvalue weighted by molar-refractivity contribution is 9.10. The average Bonchev–Trinajstić information content (AvgIpc) is 2.28. The Morgan fingerprint density at radius 2 is 2.12 bits per heavy atom. The van der Waals surface area contributed by atoms with Crippen LogP contribution in [-0.2, 0) is 6.54 Å². The molecule has 0 bridgehead atoms. The molecule has 0 unspecified atom stereocenters. The molecule has 82 valence electrons. The summed E-state index contributed by atoms with van der Waals surface area (Å²) >= 11 is 3.46. The van der Waals surface area contributed by atoms with Gasteiger partial charge in [-0.15, -0.1) is 0 Å². The van der Waals surface area contributed by atoms with Crippen LogP contribution < -0.4 is 5.32 Å². The summed E-state index contributed by atoms with van der Waals surface area (Å²) in [5.74, 6) is 0. The summed E-state index contributed by atoms with van der Waals surface area (Å²) in [5, 5.41) is 3.33. The minimum atomic E-state index is 0.810. The number of hydrogen-bond acceptors (Lipinski definition) is 2. The van der Waals surface area contributed by atoms with Crippen molar-refractivity contribution in [3.63, 3.8) is 0 Å². The summed E-state index contributed by atoms with van der Waals surface area (Å²) in [6.07, 6.45) is 1.85. The van der Waals surface area contributed by atoms with Gasteiger partial charge in [0.1, 0.15) is 0 Å². The molecule has 0 fully saturated rings. The first-order chi connectivity index (χ1) is 7.74. The highest BCUT2D eigenvalue weighted by Crippen LogP contribution is 2.13. The van der Waals surface area contributed by atoms with Crippen LogP contribution in [0.15, 0.2) is 47.1 Å². The van der Waals surface area contributed by atoms with Crippen molar-refractivity contribution in [2.45, 2.75) is 13.5 Å². The maximum Gasteiger partial charge on any atom is 0.0529 e. The number of nitrogens with one attached hydrogen (secondary N) is 1. The lowest BCUT2D eigenvalue weighted by atomic mass is 10.2. The molecule has 2 aromatic rings. The van der Waals surface area contributed by atoms with E-state index in [-0.39, 0.29) is 0 Å². The molecule has 1 aromatic carbocycles. The topological polar surface area (TPSA) is 24.9 Å². The van der Waals surface area contributed by atoms with Gasteiger partial charge in [-0.2, -0.15) is 0 Å². The van der Waals surface area contributed by atoms with Gasteiger partial charge in [-0.3, -0.25) is 4.98 Å². The van der Waals surface area contributed by atoms with E-state index in [1.54, 1.807) is 0 Å². The fourth-order valence-corrected chi connectivity index (χ4v) is 1.87. The molecule has 0 atom stereocenters. The Morgan fingerprint density at radius 3 is 2.81 bits per heavy atom. The van der Waals surface area contributed by atoms with E-state index in [4.69, 9.17) is 0 Å². The van der Waals surface area contributed by atoms with E-state index in [1.165, 1.54) is 5.56 Å². The monoisotopic (exact) mass is 276 g/mol. The third-order valence-electron chi connectivity index (χ3n) is 2.30. The summed E-state index contributed by atoms with van der Waals surface area (Å²) in [6.45, 7) is 2.79. The predicted octanol–water partition coefficient (Wildman–Crippen LogP) is 3.76. The van der Waals surface area contributed by atoms with E-state index in [2.05, 4.69) is 38.4 Å². The Bertz CT molecular complexity index is 466. The maximum absolute atomic E-state index is 4.24. The summed E-state index contributed by atoms with van der Waals surface area (Å²) in [5.41, 5.74) is 3.33. The van der Waals surface area contributed by atoms with Crippen molar-refractivity contribution < 1.29 is 0 Å². The normalized spacial score (nSPS) is 10.1. The largest absolute Gasteiger partial charge is 0.380 e. The summed E-state index contributed by atoms with van der Waals surface area (Å²) in [7, 11) is 0. The third-order valence-corrected chi connectivity index (χ3v) is 2.79. The number of pyridine rings is 1. The van der Waals surface area contributed by atoms with Gasteiger partial charge in [-0.05, 0) is 36.8 Å². The molecule has 1 aromatic heterocycles. The quantitative estimate of drug-likeness (QED) is 0.923. The number of halogens is 1. The number of anilines is 1. The maximum atomic E-state index is 4.24. The first-order valence-corrected chi connectivity index (χ1v) is 5.94. The van der Waals surface area contributed by atoms with Crippen LogP contribution in [0, 0.1) is 6.92 Å². The van der Waals surface area contributed by atoms with E-state index >= 15 is 0 Å². The molecular weight excluding hydrogens is 264 g/mol. The highest BCUT2D eigenvalue weighted by Gasteiger charge is 1.95. The molecule has 0 amide bonds. The lowest BCUT2D eigenvalue weighted by molar-refractivity contribution is 1.12. The number of aryl methyl sites for hydroxylation is 1. The van der Waals surface area contributed by atoms with Crippen LogP contribution in [0.4, 0.5) is 5.69 Å². The lowest BCUT2D eigenvalue weighted by Gasteiger charge is -2.06. The van der Waals surface area contributed by atoms with Crippen LogP contribution in [0.3, 0.4) is 0 Å². The van der Waals surface area contributed by atoms with Gasteiger partial charge in [0.15, 0.2) is 0 Å². The highest BCUT2D eigenvalue weighted by atomic mass is 79.9. The molecule has 1 N–H and O–H groups in total. The van der Waals surface area contributed by atoms with Crippen LogP contribution in [0.5, 0.6) is 0 Å². The zero-order valence-electron chi connectivity index (χ0n) is 9.07. The van der Waals surface area contributed by atoms with Crippen molar-refractivity contribution in [2.24, 2.45) is 0 Å². The minimum Gasteiger partial charge on any atom is -0.380 e. The van der Waals surface area contributed by atoms with Gasteiger partial charge in [-0.25, -0.2) is 0 Å². The van der Waals surface area contributed by atoms with E-state index in [9.17, 15) is 0 Å². The Hall–Kier alpha value is -1.35. The average molecular weight is 277 g/mol. The molecule has 0 radical (unpaired) electrons. The molecule has 1 heterocycles. The first-order valence-electron chi connectivity index (χ1n) is 5.15. The molecule has 3 heteroatoms. The van der Waals surface area contributed by atoms with E-state index in [1.807, 2.05) is 37.4 Å². The van der Waals surface area contributed by atoms with Gasteiger partial charge in [0.05, 0.1) is 11.9 Å². The first kappa shape index (κ1) is 11.1. The summed E-state index contributed by atoms with van der Waals surface area (Å²) in [6, 6.07) is 12.3. The van der Waals surface area contributed by atoms with Crippen molar-refractivity contribution in [3.8, 4) is 0 Å². The fourth-order valence-electron chi connectivity index (χ4n) is 1.42. The van der Waals surface area contributed by atoms with Gasteiger partial charge < -0.3 is 5.32 Å². The van der Waals surface area contributed by atoms with Crippen LogP contribution in [0.2, 0.25) is 0 Å². The molecular formula is C13H13BrN2. The van der Waals surface area contributed by atoms with E-state index < -0.39 is 0 Å². The SMILES string of the molecule is Cc1ccc(NCc2cccc(Br)c2)cn1. The van der Waals surface area contributed by atoms with Crippen LogP contribution >= 0.6 is 15.9 Å². The molecule has 0 saturated carbocycles. The number of aromatic nitrogens is 1. The van der Waals surface area contributed by atoms with E-state index in [0.29, 0.717) is 0 Å². The van der Waals surface area contributed by atoms with Crippen molar-refractivity contribution >= 4 is 21.6 Å². The molecule has 16 heavy (non-hydrogen) atoms. The number of benzene rings is 1. The predicted molar refractivity (Wildman–Crippen MR) is 70.4 cm³/mol. The molecule has 0 spiro atoms. The molecule has 0 saturated heterocycles. The van der Waals surface area contributed by atoms with Crippen LogP contribution in [0.1, 0.15) is 11.3 Å². The second-order valence-electron chi connectivity index (χ2n) is 3.67. The molecule has 0 aliphatic heterocycles. The Morgan fingerprint density at radius 1 is 1.25 bits per heavy atom. The second-order valence-corrected chi connectivity index (χ2v) is 4.59. The fraction of sp³-hybridized carbons (Fsp3) is 0.154. The van der Waals surface area contributed by atoms with Crippen LogP contribution in [0.25, 0.3) is 0 Å². The summed E-state index contributed by atoms with van der Waals surface area (Å²) < 4.78 is 1.11. The van der Waals surface area contributed by atoms with Gasteiger partial charge in [0.25, 0.3) is 0 Å². The van der Waals surface area contributed by atoms with Gasteiger partial charge in [0.2, 0.25) is 0 Å². The number of hydrogen-bond donors (Lipinski definition) is 1. The van der Waals surface area contributed by atoms with Gasteiger partial charge >= 0.3 is 0 Å². The molecule has 2 nitrogen and oxygen atoms in total. The zero-order valence-corrected chi connectivity index (χ0v) is 10.7. The Labute approximate surface area is 104 Å². The van der Waals surface area contributed by atoms with Gasteiger partial charge in [0, 0.05) is 16.7 Å². The van der Waals surface area contributed by atoms with Crippen LogP contribution in [-0.4, -0.2) is 4.98 Å². The number of nitrogens with zero attached hydrogens (tertiary/aromatic N) is 1. The summed E-state index contributed by atoms with van der Waals surface area (Å²) in [4.78, 5) is 4.24. The van der Waals surface area contributed by atoms with Gasteiger partial charge in [-0.1, -0.05) is 28.1 Å². The standard InChI is InChI=1S/C13H13BrN2/c1-10-5-6-13(9-15-10)16-8-11-3-2-4-12(14)7-11/h2-7,9,16H,8H2,1H3. The number of rotatable bonds is 3. The third kappa shape index (κ3) is 3.07. The second kappa shape index (κ2) is 5.12. The smallest absolute Gasteiger partial charge is 0.0529 e. The Kier molecular flexibility index (Phi) is 3.57. The van der Waals surface area contributed by atoms with E-state index in [0.717, 1.165) is 22.4 Å². The molecule has 2 rings (SSSR count). The molecule has 0 aliphatic rings. The molecule has 0 aliphatic carbocycles. The van der Waals surface area contributed by atoms with Crippen molar-refractivity contribution in [3.05, 3.63) is 58.3 Å². The van der Waals surface area contributed by atoms with Crippen molar-refractivity contribution in [1.29, 1.82) is 0 Å².